The molecule has 3 heterocycles. The standard InChI is InChI=1S/C27H27N3O2S/c1-18-9-6-11-22(20(18)3)28-13-15-29(16-14-28)25-24(23-12-7-17-33-23)26(31)30(27(25)32)21-10-5-4-8-19(21)2/h4-12,17H,13-16H2,1-3H3. The average Bonchev–Trinajstić information content (AvgIpc) is 3.43. The molecule has 1 aromatic heterocycles. The number of hydrogen-bond donors (Lipinski definition) is 0. The van der Waals surface area contributed by atoms with Gasteiger partial charge in [0.1, 0.15) is 5.70 Å². The minimum absolute atomic E-state index is 0.224. The first kappa shape index (κ1) is 21.5. The molecule has 0 spiro atoms. The molecule has 5 rings (SSSR count). The lowest BCUT2D eigenvalue weighted by atomic mass is 10.1. The molecule has 0 bridgehead atoms. The zero-order chi connectivity index (χ0) is 23.1. The highest BCUT2D eigenvalue weighted by Gasteiger charge is 2.43. The second-order valence-corrected chi connectivity index (χ2v) is 9.57. The van der Waals surface area contributed by atoms with E-state index < -0.39 is 0 Å². The minimum Gasteiger partial charge on any atom is -0.368 e. The zero-order valence-corrected chi connectivity index (χ0v) is 20.0. The number of piperazine rings is 1. The van der Waals surface area contributed by atoms with Gasteiger partial charge in [-0.05, 0) is 61.0 Å². The maximum atomic E-state index is 13.7. The molecule has 1 saturated heterocycles. The first-order valence-corrected chi connectivity index (χ1v) is 12.1. The Hall–Kier alpha value is -3.38. The number of carbonyl (C=O) groups is 2. The summed E-state index contributed by atoms with van der Waals surface area (Å²) in [7, 11) is 0. The maximum Gasteiger partial charge on any atom is 0.282 e. The van der Waals surface area contributed by atoms with Gasteiger partial charge in [-0.25, -0.2) is 4.90 Å². The number of para-hydroxylation sites is 1. The third-order valence-electron chi connectivity index (χ3n) is 6.70. The Bertz CT molecular complexity index is 1250. The third kappa shape index (κ3) is 3.64. The summed E-state index contributed by atoms with van der Waals surface area (Å²) in [5.74, 6) is -0.457. The second kappa shape index (κ2) is 8.52. The summed E-state index contributed by atoms with van der Waals surface area (Å²) in [6.45, 7) is 9.22. The Balaban J connectivity index is 1.48. The molecular formula is C27H27N3O2S. The normalized spacial score (nSPS) is 16.9. The molecule has 5 nitrogen and oxygen atoms in total. The first-order chi connectivity index (χ1) is 16.0. The molecule has 2 aliphatic heterocycles. The van der Waals surface area contributed by atoms with Crippen molar-refractivity contribution in [3.05, 3.63) is 87.2 Å². The molecule has 2 aliphatic rings. The van der Waals surface area contributed by atoms with E-state index in [1.807, 2.05) is 48.7 Å². The van der Waals surface area contributed by atoms with Gasteiger partial charge in [0.25, 0.3) is 11.8 Å². The van der Waals surface area contributed by atoms with Gasteiger partial charge < -0.3 is 9.80 Å². The Morgan fingerprint density at radius 3 is 2.06 bits per heavy atom. The van der Waals surface area contributed by atoms with Crippen molar-refractivity contribution in [1.29, 1.82) is 0 Å². The molecule has 3 aromatic rings. The number of amides is 2. The van der Waals surface area contributed by atoms with Crippen LogP contribution in [0.5, 0.6) is 0 Å². The van der Waals surface area contributed by atoms with Gasteiger partial charge >= 0.3 is 0 Å². The van der Waals surface area contributed by atoms with E-state index >= 15 is 0 Å². The molecule has 2 amide bonds. The predicted octanol–water partition coefficient (Wildman–Crippen LogP) is 4.78. The van der Waals surface area contributed by atoms with Crippen LogP contribution in [0.25, 0.3) is 5.57 Å². The minimum atomic E-state index is -0.233. The fourth-order valence-electron chi connectivity index (χ4n) is 4.74. The van der Waals surface area contributed by atoms with Crippen LogP contribution < -0.4 is 9.80 Å². The number of benzene rings is 2. The van der Waals surface area contributed by atoms with Crippen LogP contribution >= 0.6 is 11.3 Å². The largest absolute Gasteiger partial charge is 0.368 e. The molecule has 0 aliphatic carbocycles. The molecule has 0 radical (unpaired) electrons. The molecular weight excluding hydrogens is 430 g/mol. The van der Waals surface area contributed by atoms with E-state index in [0.29, 0.717) is 30.0 Å². The third-order valence-corrected chi connectivity index (χ3v) is 7.58. The highest BCUT2D eigenvalue weighted by molar-refractivity contribution is 7.11. The van der Waals surface area contributed by atoms with Crippen LogP contribution in [0.15, 0.2) is 65.7 Å². The molecule has 1 fully saturated rings. The first-order valence-electron chi connectivity index (χ1n) is 11.3. The van der Waals surface area contributed by atoms with Crippen LogP contribution in [0.1, 0.15) is 21.6 Å². The average molecular weight is 458 g/mol. The van der Waals surface area contributed by atoms with Crippen molar-refractivity contribution in [2.75, 3.05) is 36.0 Å². The summed E-state index contributed by atoms with van der Waals surface area (Å²) in [5, 5.41) is 1.95. The van der Waals surface area contributed by atoms with Crippen LogP contribution in [0, 0.1) is 20.8 Å². The Labute approximate surface area is 198 Å². The Morgan fingerprint density at radius 2 is 1.36 bits per heavy atom. The Kier molecular flexibility index (Phi) is 5.54. The lowest BCUT2D eigenvalue weighted by Gasteiger charge is -2.38. The highest BCUT2D eigenvalue weighted by atomic mass is 32.1. The molecule has 33 heavy (non-hydrogen) atoms. The van der Waals surface area contributed by atoms with Crippen molar-refractivity contribution < 1.29 is 9.59 Å². The van der Waals surface area contributed by atoms with Gasteiger partial charge in [-0.15, -0.1) is 11.3 Å². The summed E-state index contributed by atoms with van der Waals surface area (Å²) in [5.41, 5.74) is 6.45. The van der Waals surface area contributed by atoms with Crippen LogP contribution in [-0.4, -0.2) is 42.9 Å². The van der Waals surface area contributed by atoms with Crippen LogP contribution in [-0.2, 0) is 9.59 Å². The van der Waals surface area contributed by atoms with Crippen molar-refractivity contribution in [2.24, 2.45) is 0 Å². The van der Waals surface area contributed by atoms with Crippen molar-refractivity contribution in [3.8, 4) is 0 Å². The SMILES string of the molecule is Cc1ccccc1N1C(=O)C(c2cccs2)=C(N2CCN(c3cccc(C)c3C)CC2)C1=O. The van der Waals surface area contributed by atoms with Gasteiger partial charge in [-0.1, -0.05) is 36.4 Å². The monoisotopic (exact) mass is 457 g/mol. The van der Waals surface area contributed by atoms with E-state index in [1.165, 1.54) is 33.1 Å². The lowest BCUT2D eigenvalue weighted by molar-refractivity contribution is -0.120. The fourth-order valence-corrected chi connectivity index (χ4v) is 5.50. The van der Waals surface area contributed by atoms with Crippen molar-refractivity contribution in [2.45, 2.75) is 20.8 Å². The molecule has 0 unspecified atom stereocenters. The number of nitrogens with zero attached hydrogens (tertiary/aromatic N) is 3. The topological polar surface area (TPSA) is 43.9 Å². The summed E-state index contributed by atoms with van der Waals surface area (Å²) in [4.78, 5) is 34.0. The number of thiophene rings is 1. The molecule has 0 N–H and O–H groups in total. The fraction of sp³-hybridized carbons (Fsp3) is 0.259. The summed E-state index contributed by atoms with van der Waals surface area (Å²) < 4.78 is 0. The molecule has 0 saturated carbocycles. The smallest absolute Gasteiger partial charge is 0.282 e. The van der Waals surface area contributed by atoms with Gasteiger partial charge in [0, 0.05) is 36.7 Å². The molecule has 6 heteroatoms. The summed E-state index contributed by atoms with van der Waals surface area (Å²) >= 11 is 1.50. The maximum absolute atomic E-state index is 13.7. The number of hydrogen-bond acceptors (Lipinski definition) is 5. The van der Waals surface area contributed by atoms with Crippen molar-refractivity contribution in [1.82, 2.24) is 4.90 Å². The second-order valence-electron chi connectivity index (χ2n) is 8.63. The van der Waals surface area contributed by atoms with E-state index in [1.54, 1.807) is 0 Å². The van der Waals surface area contributed by atoms with Crippen molar-refractivity contribution >= 4 is 40.1 Å². The predicted molar refractivity (Wildman–Crippen MR) is 135 cm³/mol. The highest BCUT2D eigenvalue weighted by Crippen LogP contribution is 2.38. The molecule has 168 valence electrons. The number of carbonyl (C=O) groups excluding carboxylic acids is 2. The number of aryl methyl sites for hydroxylation is 2. The van der Waals surface area contributed by atoms with Crippen LogP contribution in [0.3, 0.4) is 0 Å². The number of imide groups is 1. The van der Waals surface area contributed by atoms with E-state index in [-0.39, 0.29) is 11.8 Å². The van der Waals surface area contributed by atoms with Gasteiger partial charge in [-0.3, -0.25) is 9.59 Å². The number of rotatable bonds is 4. The van der Waals surface area contributed by atoms with Crippen molar-refractivity contribution in [3.63, 3.8) is 0 Å². The van der Waals surface area contributed by atoms with E-state index in [4.69, 9.17) is 0 Å². The van der Waals surface area contributed by atoms with Gasteiger partial charge in [0.2, 0.25) is 0 Å². The zero-order valence-electron chi connectivity index (χ0n) is 19.2. The van der Waals surface area contributed by atoms with E-state index in [9.17, 15) is 9.59 Å². The molecule has 2 aromatic carbocycles. The van der Waals surface area contributed by atoms with Gasteiger partial charge in [-0.2, -0.15) is 0 Å². The summed E-state index contributed by atoms with van der Waals surface area (Å²) in [6.07, 6.45) is 0. The molecule has 0 atom stereocenters. The van der Waals surface area contributed by atoms with E-state index in [2.05, 4.69) is 41.8 Å². The quantitative estimate of drug-likeness (QED) is 0.529. The Morgan fingerprint density at radius 1 is 0.697 bits per heavy atom. The van der Waals surface area contributed by atoms with Crippen LogP contribution in [0.2, 0.25) is 0 Å². The van der Waals surface area contributed by atoms with Crippen LogP contribution in [0.4, 0.5) is 11.4 Å². The van der Waals surface area contributed by atoms with E-state index in [0.717, 1.165) is 23.5 Å². The van der Waals surface area contributed by atoms with Gasteiger partial charge in [0.15, 0.2) is 0 Å². The lowest BCUT2D eigenvalue weighted by Crippen LogP contribution is -2.48. The number of anilines is 2. The van der Waals surface area contributed by atoms with Gasteiger partial charge in [0.05, 0.1) is 11.3 Å². The summed E-state index contributed by atoms with van der Waals surface area (Å²) in [6, 6.07) is 17.8.